The van der Waals surface area contributed by atoms with Gasteiger partial charge in [0.25, 0.3) is 0 Å². The lowest BCUT2D eigenvalue weighted by atomic mass is 10.1. The Kier molecular flexibility index (Phi) is 1.89. The van der Waals surface area contributed by atoms with E-state index in [0.717, 1.165) is 6.54 Å². The van der Waals surface area contributed by atoms with E-state index < -0.39 is 0 Å². The number of hydrogen-bond acceptors (Lipinski definition) is 2. The Bertz CT molecular complexity index is 266. The van der Waals surface area contributed by atoms with Gasteiger partial charge in [-0.1, -0.05) is 0 Å². The van der Waals surface area contributed by atoms with Crippen LogP contribution in [0.4, 0.5) is 0 Å². The SMILES string of the molecule is CN1CCC(c2ccn(C)n2)C1. The van der Waals surface area contributed by atoms with Gasteiger partial charge in [0.05, 0.1) is 5.69 Å². The summed E-state index contributed by atoms with van der Waals surface area (Å²) in [6.45, 7) is 2.37. The normalized spacial score (nSPS) is 25.0. The second-order valence-electron chi connectivity index (χ2n) is 3.66. The zero-order chi connectivity index (χ0) is 8.55. The molecule has 1 aliphatic heterocycles. The summed E-state index contributed by atoms with van der Waals surface area (Å²) in [5.74, 6) is 0.663. The fourth-order valence-corrected chi connectivity index (χ4v) is 1.83. The molecule has 1 aliphatic rings. The Hall–Kier alpha value is -0.830. The van der Waals surface area contributed by atoms with Crippen LogP contribution >= 0.6 is 0 Å². The van der Waals surface area contributed by atoms with Crippen molar-refractivity contribution >= 4 is 0 Å². The molecule has 0 aromatic carbocycles. The van der Waals surface area contributed by atoms with Crippen molar-refractivity contribution in [2.24, 2.45) is 7.05 Å². The highest BCUT2D eigenvalue weighted by Gasteiger charge is 2.22. The third-order valence-electron chi connectivity index (χ3n) is 2.54. The van der Waals surface area contributed by atoms with Gasteiger partial charge in [0.15, 0.2) is 0 Å². The Morgan fingerprint density at radius 1 is 1.50 bits per heavy atom. The van der Waals surface area contributed by atoms with Gasteiger partial charge in [-0.25, -0.2) is 0 Å². The van der Waals surface area contributed by atoms with Crippen LogP contribution in [0.5, 0.6) is 0 Å². The largest absolute Gasteiger partial charge is 0.306 e. The molecule has 0 N–H and O–H groups in total. The van der Waals surface area contributed by atoms with E-state index in [2.05, 4.69) is 23.1 Å². The van der Waals surface area contributed by atoms with E-state index in [1.807, 2.05) is 17.9 Å². The molecule has 0 saturated carbocycles. The molecule has 3 nitrogen and oxygen atoms in total. The van der Waals surface area contributed by atoms with Crippen molar-refractivity contribution < 1.29 is 0 Å². The number of likely N-dealkylation sites (N-methyl/N-ethyl adjacent to an activating group) is 1. The maximum absolute atomic E-state index is 4.42. The summed E-state index contributed by atoms with van der Waals surface area (Å²) in [4.78, 5) is 2.36. The summed E-state index contributed by atoms with van der Waals surface area (Å²) < 4.78 is 1.88. The second kappa shape index (κ2) is 2.90. The first-order chi connectivity index (χ1) is 5.75. The number of hydrogen-bond donors (Lipinski definition) is 0. The molecule has 1 aromatic heterocycles. The Labute approximate surface area is 73.0 Å². The molecule has 0 bridgehead atoms. The van der Waals surface area contributed by atoms with E-state index in [4.69, 9.17) is 0 Å². The van der Waals surface area contributed by atoms with Crippen LogP contribution in [0.15, 0.2) is 12.3 Å². The molecule has 1 unspecified atom stereocenters. The minimum atomic E-state index is 0.663. The third kappa shape index (κ3) is 1.37. The van der Waals surface area contributed by atoms with E-state index in [1.165, 1.54) is 18.7 Å². The Balaban J connectivity index is 2.11. The van der Waals surface area contributed by atoms with Crippen molar-refractivity contribution in [1.29, 1.82) is 0 Å². The molecule has 2 heterocycles. The maximum atomic E-state index is 4.42. The van der Waals surface area contributed by atoms with Gasteiger partial charge in [-0.05, 0) is 26.1 Å². The first-order valence-electron chi connectivity index (χ1n) is 4.44. The summed E-state index contributed by atoms with van der Waals surface area (Å²) in [5, 5.41) is 4.42. The van der Waals surface area contributed by atoms with Gasteiger partial charge in [0.1, 0.15) is 0 Å². The molecule has 3 heteroatoms. The Morgan fingerprint density at radius 3 is 2.83 bits per heavy atom. The van der Waals surface area contributed by atoms with Crippen molar-refractivity contribution in [2.45, 2.75) is 12.3 Å². The van der Waals surface area contributed by atoms with Gasteiger partial charge in [0.2, 0.25) is 0 Å². The highest BCUT2D eigenvalue weighted by molar-refractivity contribution is 5.08. The van der Waals surface area contributed by atoms with Crippen molar-refractivity contribution in [3.8, 4) is 0 Å². The molecule has 12 heavy (non-hydrogen) atoms. The molecule has 66 valence electrons. The zero-order valence-electron chi connectivity index (χ0n) is 7.70. The lowest BCUT2D eigenvalue weighted by Gasteiger charge is -2.06. The summed E-state index contributed by atoms with van der Waals surface area (Å²) in [7, 11) is 4.14. The van der Waals surface area contributed by atoms with E-state index in [0.29, 0.717) is 5.92 Å². The fourth-order valence-electron chi connectivity index (χ4n) is 1.83. The van der Waals surface area contributed by atoms with Crippen LogP contribution < -0.4 is 0 Å². The van der Waals surface area contributed by atoms with Crippen molar-refractivity contribution in [3.63, 3.8) is 0 Å². The molecule has 0 aliphatic carbocycles. The van der Waals surface area contributed by atoms with Crippen LogP contribution in [-0.4, -0.2) is 34.8 Å². The molecule has 1 aromatic rings. The zero-order valence-corrected chi connectivity index (χ0v) is 7.70. The average Bonchev–Trinajstić information content (AvgIpc) is 2.58. The van der Waals surface area contributed by atoms with E-state index in [1.54, 1.807) is 0 Å². The minimum Gasteiger partial charge on any atom is -0.306 e. The van der Waals surface area contributed by atoms with Crippen LogP contribution in [-0.2, 0) is 7.05 Å². The molecule has 0 spiro atoms. The predicted octanol–water partition coefficient (Wildman–Crippen LogP) is 0.839. The molecule has 2 rings (SSSR count). The number of aromatic nitrogens is 2. The second-order valence-corrected chi connectivity index (χ2v) is 3.66. The van der Waals surface area contributed by atoms with E-state index in [9.17, 15) is 0 Å². The molecule has 0 amide bonds. The number of likely N-dealkylation sites (tertiary alicyclic amines) is 1. The molecule has 0 radical (unpaired) electrons. The molecular weight excluding hydrogens is 150 g/mol. The highest BCUT2D eigenvalue weighted by Crippen LogP contribution is 2.24. The highest BCUT2D eigenvalue weighted by atomic mass is 15.3. The van der Waals surface area contributed by atoms with Crippen LogP contribution in [0, 0.1) is 0 Å². The van der Waals surface area contributed by atoms with Gasteiger partial charge in [-0.3, -0.25) is 4.68 Å². The fraction of sp³-hybridized carbons (Fsp3) is 0.667. The van der Waals surface area contributed by atoms with Crippen molar-refractivity contribution in [1.82, 2.24) is 14.7 Å². The summed E-state index contributed by atoms with van der Waals surface area (Å²) in [5.41, 5.74) is 1.25. The smallest absolute Gasteiger partial charge is 0.0668 e. The third-order valence-corrected chi connectivity index (χ3v) is 2.54. The molecule has 1 saturated heterocycles. The molecular formula is C9H15N3. The monoisotopic (exact) mass is 165 g/mol. The van der Waals surface area contributed by atoms with Gasteiger partial charge in [-0.15, -0.1) is 0 Å². The standard InChI is InChI=1S/C9H15N3/c1-11-5-3-8(7-11)9-4-6-12(2)10-9/h4,6,8H,3,5,7H2,1-2H3. The van der Waals surface area contributed by atoms with E-state index in [-0.39, 0.29) is 0 Å². The summed E-state index contributed by atoms with van der Waals surface area (Å²) >= 11 is 0. The minimum absolute atomic E-state index is 0.663. The number of rotatable bonds is 1. The van der Waals surface area contributed by atoms with Crippen molar-refractivity contribution in [3.05, 3.63) is 18.0 Å². The average molecular weight is 165 g/mol. The van der Waals surface area contributed by atoms with Gasteiger partial charge in [0, 0.05) is 25.7 Å². The molecule has 1 fully saturated rings. The van der Waals surface area contributed by atoms with Crippen LogP contribution in [0.2, 0.25) is 0 Å². The van der Waals surface area contributed by atoms with Gasteiger partial charge < -0.3 is 4.90 Å². The first-order valence-corrected chi connectivity index (χ1v) is 4.44. The van der Waals surface area contributed by atoms with Crippen molar-refractivity contribution in [2.75, 3.05) is 20.1 Å². The quantitative estimate of drug-likeness (QED) is 0.615. The van der Waals surface area contributed by atoms with Gasteiger partial charge in [-0.2, -0.15) is 5.10 Å². The summed E-state index contributed by atoms with van der Waals surface area (Å²) in [6.07, 6.45) is 3.28. The van der Waals surface area contributed by atoms with Gasteiger partial charge >= 0.3 is 0 Å². The lowest BCUT2D eigenvalue weighted by molar-refractivity contribution is 0.410. The number of aryl methyl sites for hydroxylation is 1. The Morgan fingerprint density at radius 2 is 2.33 bits per heavy atom. The number of nitrogens with zero attached hydrogens (tertiary/aromatic N) is 3. The van der Waals surface area contributed by atoms with E-state index >= 15 is 0 Å². The topological polar surface area (TPSA) is 21.1 Å². The van der Waals surface area contributed by atoms with Crippen LogP contribution in [0.25, 0.3) is 0 Å². The maximum Gasteiger partial charge on any atom is 0.0668 e. The predicted molar refractivity (Wildman–Crippen MR) is 48.1 cm³/mol. The lowest BCUT2D eigenvalue weighted by Crippen LogP contribution is -2.13. The molecule has 1 atom stereocenters. The summed E-state index contributed by atoms with van der Waals surface area (Å²) in [6, 6.07) is 2.13. The van der Waals surface area contributed by atoms with Crippen LogP contribution in [0.3, 0.4) is 0 Å². The van der Waals surface area contributed by atoms with Crippen LogP contribution in [0.1, 0.15) is 18.0 Å². The first kappa shape index (κ1) is 7.80.